The number of ether oxygens (including phenoxy) is 1. The zero-order valence-electron chi connectivity index (χ0n) is 16.0. The van der Waals surface area contributed by atoms with Gasteiger partial charge in [-0.2, -0.15) is 5.10 Å². The molecule has 0 fully saturated rings. The average molecular weight is 369 g/mol. The van der Waals surface area contributed by atoms with Gasteiger partial charge in [0.1, 0.15) is 6.61 Å². The first-order chi connectivity index (χ1) is 13.5. The molecule has 4 aromatic rings. The summed E-state index contributed by atoms with van der Waals surface area (Å²) in [5.41, 5.74) is 7.99. The Balaban J connectivity index is 1.91. The molecule has 0 bridgehead atoms. The first-order valence-electron chi connectivity index (χ1n) is 9.27. The molecule has 0 saturated carbocycles. The second-order valence-corrected chi connectivity index (χ2v) is 7.22. The van der Waals surface area contributed by atoms with Crippen molar-refractivity contribution in [1.29, 1.82) is 0 Å². The molecule has 5 heteroatoms. The Labute approximate surface area is 162 Å². The monoisotopic (exact) mass is 369 g/mol. The van der Waals surface area contributed by atoms with Crippen LogP contribution in [0.5, 0.6) is 0 Å². The van der Waals surface area contributed by atoms with Gasteiger partial charge in [0.25, 0.3) is 0 Å². The van der Waals surface area contributed by atoms with Crippen LogP contribution in [0, 0.1) is 20.8 Å². The van der Waals surface area contributed by atoms with E-state index in [-0.39, 0.29) is 12.6 Å². The summed E-state index contributed by atoms with van der Waals surface area (Å²) < 4.78 is 7.18. The van der Waals surface area contributed by atoms with Crippen LogP contribution in [-0.4, -0.2) is 20.7 Å². The summed E-state index contributed by atoms with van der Waals surface area (Å²) in [5, 5.41) is 5.65. The molecule has 0 atom stereocenters. The molecule has 28 heavy (non-hydrogen) atoms. The van der Waals surface area contributed by atoms with Crippen molar-refractivity contribution in [3.05, 3.63) is 76.6 Å². The minimum Gasteiger partial charge on any atom is -0.455 e. The first kappa shape index (κ1) is 16.7. The highest BCUT2D eigenvalue weighted by atomic mass is 16.5. The summed E-state index contributed by atoms with van der Waals surface area (Å²) in [4.78, 5) is 17.3. The van der Waals surface area contributed by atoms with Crippen LogP contribution in [0.2, 0.25) is 0 Å². The molecule has 2 aromatic carbocycles. The molecule has 0 amide bonds. The summed E-state index contributed by atoms with van der Waals surface area (Å²) in [6.07, 6.45) is 0. The lowest BCUT2D eigenvalue weighted by Gasteiger charge is -2.11. The average Bonchev–Trinajstić information content (AvgIpc) is 3.24. The zero-order chi connectivity index (χ0) is 19.4. The molecule has 0 spiro atoms. The van der Waals surface area contributed by atoms with Gasteiger partial charge >= 0.3 is 5.97 Å². The second kappa shape index (κ2) is 6.02. The molecule has 5 nitrogen and oxygen atoms in total. The fourth-order valence-corrected chi connectivity index (χ4v) is 3.83. The second-order valence-electron chi connectivity index (χ2n) is 7.22. The molecular weight excluding hydrogens is 350 g/mol. The van der Waals surface area contributed by atoms with Crippen molar-refractivity contribution < 1.29 is 9.53 Å². The molecule has 1 aliphatic heterocycles. The Morgan fingerprint density at radius 3 is 2.50 bits per heavy atom. The fraction of sp³-hybridized carbons (Fsp3) is 0.174. The number of cyclic esters (lactones) is 1. The highest BCUT2D eigenvalue weighted by Gasteiger charge is 2.31. The van der Waals surface area contributed by atoms with E-state index in [1.54, 1.807) is 0 Å². The van der Waals surface area contributed by atoms with Crippen molar-refractivity contribution in [2.24, 2.45) is 0 Å². The summed E-state index contributed by atoms with van der Waals surface area (Å²) in [6.45, 7) is 6.32. The number of rotatable bonds is 2. The minimum atomic E-state index is -0.315. The number of nitrogens with zero attached hydrogens (tertiary/aromatic N) is 3. The van der Waals surface area contributed by atoms with Gasteiger partial charge in [0.2, 0.25) is 0 Å². The predicted molar refractivity (Wildman–Crippen MR) is 108 cm³/mol. The summed E-state index contributed by atoms with van der Waals surface area (Å²) in [7, 11) is 0. The topological polar surface area (TPSA) is 57.0 Å². The Bertz CT molecular complexity index is 1260. The van der Waals surface area contributed by atoms with E-state index in [9.17, 15) is 4.79 Å². The SMILES string of the molecule is Cc1ccc(-c2c3c(nc4c2c(C)nn4-c2ccccc2)COC3=O)cc1C. The predicted octanol–water partition coefficient (Wildman–Crippen LogP) is 4.68. The number of pyridine rings is 1. The van der Waals surface area contributed by atoms with Gasteiger partial charge in [-0.3, -0.25) is 0 Å². The lowest BCUT2D eigenvalue weighted by molar-refractivity contribution is 0.0534. The van der Waals surface area contributed by atoms with Gasteiger partial charge in [-0.15, -0.1) is 0 Å². The molecular formula is C23H19N3O2. The zero-order valence-corrected chi connectivity index (χ0v) is 16.0. The van der Waals surface area contributed by atoms with E-state index in [4.69, 9.17) is 14.8 Å². The number of aromatic nitrogens is 3. The number of benzene rings is 2. The molecule has 2 aromatic heterocycles. The smallest absolute Gasteiger partial charge is 0.341 e. The van der Waals surface area contributed by atoms with Crippen LogP contribution in [0.15, 0.2) is 48.5 Å². The molecule has 0 N–H and O–H groups in total. The number of para-hydroxylation sites is 1. The third kappa shape index (κ3) is 2.36. The number of carbonyl (C=O) groups is 1. The Kier molecular flexibility index (Phi) is 3.59. The fourth-order valence-electron chi connectivity index (χ4n) is 3.83. The quantitative estimate of drug-likeness (QED) is 0.481. The van der Waals surface area contributed by atoms with Crippen LogP contribution in [-0.2, 0) is 11.3 Å². The maximum atomic E-state index is 12.6. The first-order valence-corrected chi connectivity index (χ1v) is 9.27. The molecule has 1 aliphatic rings. The van der Waals surface area contributed by atoms with E-state index in [0.29, 0.717) is 11.3 Å². The Hall–Kier alpha value is -3.47. The van der Waals surface area contributed by atoms with Crippen LogP contribution in [0.1, 0.15) is 32.9 Å². The van der Waals surface area contributed by atoms with E-state index >= 15 is 0 Å². The summed E-state index contributed by atoms with van der Waals surface area (Å²) in [5.74, 6) is -0.315. The van der Waals surface area contributed by atoms with Gasteiger partial charge < -0.3 is 4.74 Å². The van der Waals surface area contributed by atoms with Gasteiger partial charge in [0.15, 0.2) is 5.65 Å². The number of esters is 1. The normalized spacial score (nSPS) is 13.0. The van der Waals surface area contributed by atoms with Crippen molar-refractivity contribution in [3.63, 3.8) is 0 Å². The van der Waals surface area contributed by atoms with Gasteiger partial charge in [0, 0.05) is 5.56 Å². The maximum Gasteiger partial charge on any atom is 0.341 e. The number of fused-ring (bicyclic) bond motifs is 2. The number of hydrogen-bond acceptors (Lipinski definition) is 4. The van der Waals surface area contributed by atoms with Crippen molar-refractivity contribution in [2.45, 2.75) is 27.4 Å². The van der Waals surface area contributed by atoms with Gasteiger partial charge in [-0.25, -0.2) is 14.5 Å². The molecule has 138 valence electrons. The van der Waals surface area contributed by atoms with Crippen LogP contribution in [0.4, 0.5) is 0 Å². The van der Waals surface area contributed by atoms with Crippen molar-refractivity contribution in [2.75, 3.05) is 0 Å². The van der Waals surface area contributed by atoms with Crippen LogP contribution < -0.4 is 0 Å². The molecule has 0 saturated heterocycles. The maximum absolute atomic E-state index is 12.6. The van der Waals surface area contributed by atoms with Gasteiger partial charge in [-0.1, -0.05) is 36.4 Å². The van der Waals surface area contributed by atoms with Gasteiger partial charge in [0.05, 0.1) is 28.0 Å². The Morgan fingerprint density at radius 2 is 1.75 bits per heavy atom. The lowest BCUT2D eigenvalue weighted by atomic mass is 9.93. The Morgan fingerprint density at radius 1 is 0.964 bits per heavy atom. The van der Waals surface area contributed by atoms with Crippen LogP contribution in [0.3, 0.4) is 0 Å². The van der Waals surface area contributed by atoms with Crippen LogP contribution >= 0.6 is 0 Å². The largest absolute Gasteiger partial charge is 0.455 e. The van der Waals surface area contributed by atoms with E-state index in [1.165, 1.54) is 11.1 Å². The van der Waals surface area contributed by atoms with E-state index in [2.05, 4.69) is 32.0 Å². The minimum absolute atomic E-state index is 0.195. The van der Waals surface area contributed by atoms with Crippen molar-refractivity contribution >= 4 is 17.0 Å². The molecule has 0 unspecified atom stereocenters. The molecule has 5 rings (SSSR count). The summed E-state index contributed by atoms with van der Waals surface area (Å²) in [6, 6.07) is 16.2. The van der Waals surface area contributed by atoms with E-state index in [1.807, 2.05) is 41.9 Å². The lowest BCUT2D eigenvalue weighted by Crippen LogP contribution is -2.03. The molecule has 0 aliphatic carbocycles. The van der Waals surface area contributed by atoms with Crippen molar-refractivity contribution in [3.8, 4) is 16.8 Å². The van der Waals surface area contributed by atoms with Crippen molar-refractivity contribution in [1.82, 2.24) is 14.8 Å². The third-order valence-electron chi connectivity index (χ3n) is 5.41. The third-order valence-corrected chi connectivity index (χ3v) is 5.41. The molecule has 3 heterocycles. The molecule has 0 radical (unpaired) electrons. The number of hydrogen-bond donors (Lipinski definition) is 0. The van der Waals surface area contributed by atoms with E-state index < -0.39 is 0 Å². The highest BCUT2D eigenvalue weighted by molar-refractivity contribution is 6.09. The van der Waals surface area contributed by atoms with E-state index in [0.717, 1.165) is 33.5 Å². The summed E-state index contributed by atoms with van der Waals surface area (Å²) >= 11 is 0. The standard InChI is InChI=1S/C23H19N3O2/c1-13-9-10-16(11-14(13)2)20-19-15(3)25-26(17-7-5-4-6-8-17)22(19)24-18-12-28-23(27)21(18)20/h4-11H,12H2,1-3H3. The van der Waals surface area contributed by atoms with Crippen LogP contribution in [0.25, 0.3) is 27.8 Å². The number of carbonyl (C=O) groups excluding carboxylic acids is 1. The highest BCUT2D eigenvalue weighted by Crippen LogP contribution is 2.39. The number of aryl methyl sites for hydroxylation is 3. The van der Waals surface area contributed by atoms with Gasteiger partial charge in [-0.05, 0) is 49.6 Å².